The van der Waals surface area contributed by atoms with Crippen LogP contribution in [0.25, 0.3) is 10.8 Å². The van der Waals surface area contributed by atoms with Crippen molar-refractivity contribution in [3.8, 4) is 11.8 Å². The van der Waals surface area contributed by atoms with Gasteiger partial charge in [-0.25, -0.2) is 0 Å². The maximum absolute atomic E-state index is 6.13. The first kappa shape index (κ1) is 21.2. The maximum Gasteiger partial charge on any atom is 0.0406 e. The van der Waals surface area contributed by atoms with Crippen LogP contribution in [0.1, 0.15) is 36.0 Å². The summed E-state index contributed by atoms with van der Waals surface area (Å²) in [6.07, 6.45) is 0.780. The normalized spacial score (nSPS) is 12.7. The van der Waals surface area contributed by atoms with E-state index in [-0.39, 0.29) is 12.0 Å². The molecule has 0 aliphatic heterocycles. The number of hydrogen-bond acceptors (Lipinski definition) is 1. The van der Waals surface area contributed by atoms with Crippen molar-refractivity contribution in [2.45, 2.75) is 31.8 Å². The van der Waals surface area contributed by atoms with Crippen molar-refractivity contribution < 1.29 is 0 Å². The summed E-state index contributed by atoms with van der Waals surface area (Å²) in [7, 11) is 0. The highest BCUT2D eigenvalue weighted by molar-refractivity contribution is 6.30. The fourth-order valence-electron chi connectivity index (χ4n) is 3.85. The second kappa shape index (κ2) is 10.3. The second-order valence-corrected chi connectivity index (χ2v) is 8.32. The van der Waals surface area contributed by atoms with Gasteiger partial charge in [0, 0.05) is 35.5 Å². The Balaban J connectivity index is 1.49. The van der Waals surface area contributed by atoms with E-state index in [1.165, 1.54) is 21.9 Å². The average molecular weight is 424 g/mol. The zero-order valence-electron chi connectivity index (χ0n) is 17.7. The highest BCUT2D eigenvalue weighted by atomic mass is 35.5. The third-order valence-corrected chi connectivity index (χ3v) is 5.92. The van der Waals surface area contributed by atoms with Crippen LogP contribution < -0.4 is 5.32 Å². The van der Waals surface area contributed by atoms with Crippen LogP contribution >= 0.6 is 11.6 Å². The lowest BCUT2D eigenvalue weighted by Crippen LogP contribution is -2.31. The topological polar surface area (TPSA) is 12.0 Å². The number of nitrogens with one attached hydrogen (secondary N) is 1. The molecule has 0 aromatic heterocycles. The van der Waals surface area contributed by atoms with E-state index in [1.54, 1.807) is 0 Å². The molecule has 154 valence electrons. The Morgan fingerprint density at radius 3 is 2.29 bits per heavy atom. The Hall–Kier alpha value is -3.05. The molecular weight excluding hydrogens is 398 g/mol. The van der Waals surface area contributed by atoms with E-state index in [9.17, 15) is 0 Å². The fourth-order valence-corrected chi connectivity index (χ4v) is 3.97. The first-order chi connectivity index (χ1) is 15.2. The summed E-state index contributed by atoms with van der Waals surface area (Å²) in [5.41, 5.74) is 3.59. The summed E-state index contributed by atoms with van der Waals surface area (Å²) in [5.74, 6) is 6.97. The van der Waals surface area contributed by atoms with Crippen LogP contribution in [0.15, 0.2) is 97.1 Å². The minimum absolute atomic E-state index is 0.262. The third-order valence-electron chi connectivity index (χ3n) is 5.67. The Kier molecular flexibility index (Phi) is 7.05. The van der Waals surface area contributed by atoms with E-state index >= 15 is 0 Å². The molecule has 2 unspecified atom stereocenters. The van der Waals surface area contributed by atoms with Gasteiger partial charge in [-0.1, -0.05) is 90.2 Å². The summed E-state index contributed by atoms with van der Waals surface area (Å²) in [5, 5.41) is 7.03. The maximum atomic E-state index is 6.13. The molecule has 0 radical (unpaired) electrons. The number of rotatable bonds is 6. The summed E-state index contributed by atoms with van der Waals surface area (Å²) >= 11 is 6.13. The van der Waals surface area contributed by atoms with E-state index in [4.69, 9.17) is 11.6 Å². The fraction of sp³-hybridized carbons (Fsp3) is 0.172. The molecule has 1 nitrogen and oxygen atoms in total. The second-order valence-electron chi connectivity index (χ2n) is 7.88. The monoisotopic (exact) mass is 423 g/mol. The van der Waals surface area contributed by atoms with Gasteiger partial charge in [0.2, 0.25) is 0 Å². The van der Waals surface area contributed by atoms with Crippen LogP contribution in [0.3, 0.4) is 0 Å². The first-order valence-electron chi connectivity index (χ1n) is 10.7. The molecule has 1 N–H and O–H groups in total. The van der Waals surface area contributed by atoms with Crippen molar-refractivity contribution in [2.75, 3.05) is 0 Å². The number of benzene rings is 4. The molecule has 0 saturated heterocycles. The van der Waals surface area contributed by atoms with Gasteiger partial charge in [-0.3, -0.25) is 0 Å². The van der Waals surface area contributed by atoms with Crippen molar-refractivity contribution in [1.82, 2.24) is 5.32 Å². The molecule has 0 aliphatic carbocycles. The third kappa shape index (κ3) is 5.76. The Labute approximate surface area is 190 Å². The standard InChI is InChI=1S/C29H26ClN/c1-22(31-21-24-14-15-25-11-5-6-12-27(25)20-24)29(26-16-18-28(30)19-17-26)13-7-10-23-8-3-2-4-9-23/h2-6,8-9,11-12,14-20,22,29,31H,13,21H2,1H3. The predicted molar refractivity (Wildman–Crippen MR) is 132 cm³/mol. The molecule has 0 saturated carbocycles. The smallest absolute Gasteiger partial charge is 0.0406 e. The molecule has 0 heterocycles. The first-order valence-corrected chi connectivity index (χ1v) is 11.1. The van der Waals surface area contributed by atoms with E-state index in [1.807, 2.05) is 42.5 Å². The molecule has 4 aromatic rings. The van der Waals surface area contributed by atoms with Gasteiger partial charge in [0.1, 0.15) is 0 Å². The SMILES string of the molecule is CC(NCc1ccc2ccccc2c1)C(CC#Cc1ccccc1)c1ccc(Cl)cc1. The largest absolute Gasteiger partial charge is 0.310 e. The molecule has 2 atom stereocenters. The molecule has 31 heavy (non-hydrogen) atoms. The van der Waals surface area contributed by atoms with Crippen molar-refractivity contribution in [2.24, 2.45) is 0 Å². The zero-order valence-corrected chi connectivity index (χ0v) is 18.4. The van der Waals surface area contributed by atoms with Crippen molar-refractivity contribution >= 4 is 22.4 Å². The zero-order chi connectivity index (χ0) is 21.5. The summed E-state index contributed by atoms with van der Waals surface area (Å²) < 4.78 is 0. The van der Waals surface area contributed by atoms with Gasteiger partial charge in [0.05, 0.1) is 0 Å². The number of hydrogen-bond donors (Lipinski definition) is 1. The highest BCUT2D eigenvalue weighted by Gasteiger charge is 2.18. The lowest BCUT2D eigenvalue weighted by molar-refractivity contribution is 0.463. The van der Waals surface area contributed by atoms with Gasteiger partial charge in [-0.05, 0) is 59.2 Å². The van der Waals surface area contributed by atoms with Crippen molar-refractivity contribution in [3.63, 3.8) is 0 Å². The van der Waals surface area contributed by atoms with Gasteiger partial charge < -0.3 is 5.32 Å². The predicted octanol–water partition coefficient (Wildman–Crippen LogP) is 7.20. The van der Waals surface area contributed by atoms with Gasteiger partial charge in [-0.2, -0.15) is 0 Å². The van der Waals surface area contributed by atoms with Crippen LogP contribution in [0.2, 0.25) is 5.02 Å². The summed E-state index contributed by atoms with van der Waals surface area (Å²) in [4.78, 5) is 0. The molecular formula is C29H26ClN. The van der Waals surface area contributed by atoms with Gasteiger partial charge >= 0.3 is 0 Å². The van der Waals surface area contributed by atoms with Crippen LogP contribution in [0.5, 0.6) is 0 Å². The molecule has 0 fully saturated rings. The average Bonchev–Trinajstić information content (AvgIpc) is 2.81. The van der Waals surface area contributed by atoms with Crippen molar-refractivity contribution in [3.05, 3.63) is 119 Å². The summed E-state index contributed by atoms with van der Waals surface area (Å²) in [6.45, 7) is 3.06. The van der Waals surface area contributed by atoms with E-state index in [0.717, 1.165) is 23.6 Å². The summed E-state index contributed by atoms with van der Waals surface area (Å²) in [6, 6.07) is 33.7. The molecule has 0 bridgehead atoms. The number of fused-ring (bicyclic) bond motifs is 1. The number of halogens is 1. The Bertz CT molecular complexity index is 1190. The molecule has 4 rings (SSSR count). The van der Waals surface area contributed by atoms with Gasteiger partial charge in [-0.15, -0.1) is 0 Å². The van der Waals surface area contributed by atoms with Crippen LogP contribution in [0, 0.1) is 11.8 Å². The Morgan fingerprint density at radius 1 is 0.806 bits per heavy atom. The van der Waals surface area contributed by atoms with E-state index < -0.39 is 0 Å². The lowest BCUT2D eigenvalue weighted by Gasteiger charge is -2.24. The van der Waals surface area contributed by atoms with Crippen LogP contribution in [0.4, 0.5) is 0 Å². The van der Waals surface area contributed by atoms with Gasteiger partial charge in [0.15, 0.2) is 0 Å². The van der Waals surface area contributed by atoms with Gasteiger partial charge in [0.25, 0.3) is 0 Å². The highest BCUT2D eigenvalue weighted by Crippen LogP contribution is 2.25. The molecule has 2 heteroatoms. The lowest BCUT2D eigenvalue weighted by atomic mass is 9.89. The Morgan fingerprint density at radius 2 is 1.52 bits per heavy atom. The molecule has 4 aromatic carbocycles. The van der Waals surface area contributed by atoms with E-state index in [2.05, 4.69) is 78.7 Å². The minimum atomic E-state index is 0.262. The molecule has 0 aliphatic rings. The van der Waals surface area contributed by atoms with Crippen LogP contribution in [-0.2, 0) is 6.54 Å². The molecule has 0 spiro atoms. The van der Waals surface area contributed by atoms with E-state index in [0.29, 0.717) is 0 Å². The van der Waals surface area contributed by atoms with Crippen molar-refractivity contribution in [1.29, 1.82) is 0 Å². The quantitative estimate of drug-likeness (QED) is 0.323. The minimum Gasteiger partial charge on any atom is -0.310 e. The van der Waals surface area contributed by atoms with Crippen LogP contribution in [-0.4, -0.2) is 6.04 Å². The molecule has 0 amide bonds.